The normalized spacial score (nSPS) is 30.5. The van der Waals surface area contributed by atoms with Crippen LogP contribution < -0.4 is 10.6 Å². The van der Waals surface area contributed by atoms with Crippen LogP contribution in [0.2, 0.25) is 0 Å². The maximum absolute atomic E-state index is 4.43. The van der Waals surface area contributed by atoms with Crippen LogP contribution in [0.1, 0.15) is 59.3 Å². The molecule has 0 aromatic carbocycles. The summed E-state index contributed by atoms with van der Waals surface area (Å²) in [6, 6.07) is 0.612. The van der Waals surface area contributed by atoms with Crippen molar-refractivity contribution in [2.24, 2.45) is 22.7 Å². The molecule has 1 saturated heterocycles. The van der Waals surface area contributed by atoms with Crippen LogP contribution in [0.15, 0.2) is 4.99 Å². The second-order valence-corrected chi connectivity index (χ2v) is 8.22. The van der Waals surface area contributed by atoms with Gasteiger partial charge in [-0.15, -0.1) is 0 Å². The van der Waals surface area contributed by atoms with Crippen LogP contribution in [0.3, 0.4) is 0 Å². The Morgan fingerprint density at radius 2 is 1.91 bits per heavy atom. The molecule has 4 heteroatoms. The summed E-state index contributed by atoms with van der Waals surface area (Å²) in [4.78, 5) is 7.07. The lowest BCUT2D eigenvalue weighted by Crippen LogP contribution is -2.48. The second kappa shape index (κ2) is 9.51. The van der Waals surface area contributed by atoms with E-state index >= 15 is 0 Å². The van der Waals surface area contributed by atoms with Crippen LogP contribution in [0.5, 0.6) is 0 Å². The quantitative estimate of drug-likeness (QED) is 0.603. The molecule has 0 spiro atoms. The summed E-state index contributed by atoms with van der Waals surface area (Å²) in [5.41, 5.74) is 0. The first-order valence-corrected chi connectivity index (χ1v) is 9.76. The van der Waals surface area contributed by atoms with Gasteiger partial charge in [-0.2, -0.15) is 0 Å². The minimum Gasteiger partial charge on any atom is -0.356 e. The topological polar surface area (TPSA) is 39.7 Å². The zero-order chi connectivity index (χ0) is 16.7. The molecule has 2 aliphatic rings. The van der Waals surface area contributed by atoms with Crippen LogP contribution in [0.25, 0.3) is 0 Å². The fourth-order valence-electron chi connectivity index (χ4n) is 4.03. The van der Waals surface area contributed by atoms with Crippen LogP contribution in [0, 0.1) is 17.8 Å². The van der Waals surface area contributed by atoms with Crippen molar-refractivity contribution in [2.75, 3.05) is 33.2 Å². The Morgan fingerprint density at radius 1 is 1.17 bits per heavy atom. The van der Waals surface area contributed by atoms with Gasteiger partial charge in [0.25, 0.3) is 0 Å². The van der Waals surface area contributed by atoms with Gasteiger partial charge in [0.15, 0.2) is 5.96 Å². The summed E-state index contributed by atoms with van der Waals surface area (Å²) in [5, 5.41) is 7.22. The zero-order valence-electron chi connectivity index (χ0n) is 15.8. The molecule has 0 amide bonds. The average Bonchev–Trinajstić information content (AvgIpc) is 2.53. The van der Waals surface area contributed by atoms with Crippen molar-refractivity contribution in [3.63, 3.8) is 0 Å². The van der Waals surface area contributed by atoms with Gasteiger partial charge in [-0.3, -0.25) is 4.99 Å². The van der Waals surface area contributed by atoms with E-state index in [1.165, 1.54) is 58.2 Å². The summed E-state index contributed by atoms with van der Waals surface area (Å²) in [6.07, 6.45) is 7.95. The fraction of sp³-hybridized carbons (Fsp3) is 0.947. The van der Waals surface area contributed by atoms with E-state index in [-0.39, 0.29) is 0 Å². The molecule has 2 fully saturated rings. The molecular formula is C19H38N4. The van der Waals surface area contributed by atoms with E-state index in [9.17, 15) is 0 Å². The number of likely N-dealkylation sites (tertiary alicyclic amines) is 1. The van der Waals surface area contributed by atoms with Crippen molar-refractivity contribution < 1.29 is 0 Å². The zero-order valence-corrected chi connectivity index (χ0v) is 15.8. The molecule has 1 aliphatic carbocycles. The van der Waals surface area contributed by atoms with Crippen LogP contribution in [0.4, 0.5) is 0 Å². The van der Waals surface area contributed by atoms with E-state index in [4.69, 9.17) is 0 Å². The molecule has 23 heavy (non-hydrogen) atoms. The van der Waals surface area contributed by atoms with Crippen molar-refractivity contribution in [3.8, 4) is 0 Å². The van der Waals surface area contributed by atoms with Gasteiger partial charge < -0.3 is 15.5 Å². The number of nitrogens with zero attached hydrogens (tertiary/aromatic N) is 2. The van der Waals surface area contributed by atoms with Crippen molar-refractivity contribution in [2.45, 2.75) is 65.3 Å². The highest BCUT2D eigenvalue weighted by Gasteiger charge is 2.22. The van der Waals surface area contributed by atoms with Gasteiger partial charge in [0.05, 0.1) is 0 Å². The van der Waals surface area contributed by atoms with E-state index in [1.54, 1.807) is 0 Å². The third-order valence-corrected chi connectivity index (χ3v) is 5.36. The molecule has 0 aromatic heterocycles. The Labute approximate surface area is 143 Å². The smallest absolute Gasteiger partial charge is 0.191 e. The molecule has 2 rings (SSSR count). The summed E-state index contributed by atoms with van der Waals surface area (Å²) in [5.74, 6) is 3.43. The Hall–Kier alpha value is -0.770. The number of nitrogens with one attached hydrogen (secondary N) is 2. The highest BCUT2D eigenvalue weighted by molar-refractivity contribution is 5.79. The summed E-state index contributed by atoms with van der Waals surface area (Å²) < 4.78 is 0. The number of guanidine groups is 1. The van der Waals surface area contributed by atoms with Crippen molar-refractivity contribution >= 4 is 5.96 Å². The SMILES string of the molecule is CN=C(NCC1CCCN(CC(C)C)C1)NC1CCC(C)CC1. The van der Waals surface area contributed by atoms with E-state index in [0.717, 1.165) is 30.3 Å². The van der Waals surface area contributed by atoms with Crippen molar-refractivity contribution in [1.29, 1.82) is 0 Å². The molecular weight excluding hydrogens is 284 g/mol. The first-order chi connectivity index (χ1) is 11.1. The molecule has 0 bridgehead atoms. The number of rotatable bonds is 5. The van der Waals surface area contributed by atoms with Gasteiger partial charge in [0, 0.05) is 32.7 Å². The van der Waals surface area contributed by atoms with E-state index < -0.39 is 0 Å². The lowest BCUT2D eigenvalue weighted by Gasteiger charge is -2.34. The van der Waals surface area contributed by atoms with E-state index in [0.29, 0.717) is 6.04 Å². The number of aliphatic imine (C=N–C) groups is 1. The Morgan fingerprint density at radius 3 is 2.57 bits per heavy atom. The third kappa shape index (κ3) is 6.70. The van der Waals surface area contributed by atoms with Gasteiger partial charge in [-0.25, -0.2) is 0 Å². The largest absolute Gasteiger partial charge is 0.356 e. The highest BCUT2D eigenvalue weighted by atomic mass is 15.2. The molecule has 1 aliphatic heterocycles. The van der Waals surface area contributed by atoms with Crippen LogP contribution >= 0.6 is 0 Å². The Kier molecular flexibility index (Phi) is 7.68. The first kappa shape index (κ1) is 18.6. The maximum atomic E-state index is 4.43. The van der Waals surface area contributed by atoms with Crippen molar-refractivity contribution in [1.82, 2.24) is 15.5 Å². The Bertz CT molecular complexity index is 358. The summed E-state index contributed by atoms with van der Waals surface area (Å²) in [6.45, 7) is 11.8. The van der Waals surface area contributed by atoms with E-state index in [1.807, 2.05) is 7.05 Å². The molecule has 1 atom stereocenters. The number of hydrogen-bond acceptors (Lipinski definition) is 2. The molecule has 4 nitrogen and oxygen atoms in total. The molecule has 1 heterocycles. The average molecular weight is 323 g/mol. The number of hydrogen-bond donors (Lipinski definition) is 2. The van der Waals surface area contributed by atoms with Gasteiger partial charge in [0.2, 0.25) is 0 Å². The number of piperidine rings is 1. The summed E-state index contributed by atoms with van der Waals surface area (Å²) in [7, 11) is 1.90. The van der Waals surface area contributed by atoms with Gasteiger partial charge in [-0.05, 0) is 62.8 Å². The minimum absolute atomic E-state index is 0.612. The van der Waals surface area contributed by atoms with Crippen LogP contribution in [-0.4, -0.2) is 50.1 Å². The summed E-state index contributed by atoms with van der Waals surface area (Å²) >= 11 is 0. The molecule has 1 unspecified atom stereocenters. The maximum Gasteiger partial charge on any atom is 0.191 e. The monoisotopic (exact) mass is 322 g/mol. The molecule has 134 valence electrons. The molecule has 1 saturated carbocycles. The van der Waals surface area contributed by atoms with Gasteiger partial charge in [0.1, 0.15) is 0 Å². The lowest BCUT2D eigenvalue weighted by molar-refractivity contribution is 0.159. The fourth-order valence-corrected chi connectivity index (χ4v) is 4.03. The predicted molar refractivity (Wildman–Crippen MR) is 99.9 cm³/mol. The Balaban J connectivity index is 1.70. The minimum atomic E-state index is 0.612. The standard InChI is InChI=1S/C19H38N4/c1-15(2)13-23-11-5-6-17(14-23)12-21-19(20-4)22-18-9-7-16(3)8-10-18/h15-18H,5-14H2,1-4H3,(H2,20,21,22). The highest BCUT2D eigenvalue weighted by Crippen LogP contribution is 2.23. The predicted octanol–water partition coefficient (Wildman–Crippen LogP) is 3.10. The van der Waals surface area contributed by atoms with Gasteiger partial charge in [-0.1, -0.05) is 20.8 Å². The van der Waals surface area contributed by atoms with Crippen LogP contribution in [-0.2, 0) is 0 Å². The second-order valence-electron chi connectivity index (χ2n) is 8.22. The van der Waals surface area contributed by atoms with Gasteiger partial charge >= 0.3 is 0 Å². The first-order valence-electron chi connectivity index (χ1n) is 9.76. The molecule has 0 aromatic rings. The van der Waals surface area contributed by atoms with E-state index in [2.05, 4.69) is 41.3 Å². The molecule has 2 N–H and O–H groups in total. The third-order valence-electron chi connectivity index (χ3n) is 5.36. The molecule has 0 radical (unpaired) electrons. The van der Waals surface area contributed by atoms with Crippen molar-refractivity contribution in [3.05, 3.63) is 0 Å². The lowest BCUT2D eigenvalue weighted by atomic mass is 9.87.